The zero-order chi connectivity index (χ0) is 18.7. The van der Waals surface area contributed by atoms with Gasteiger partial charge in [-0.15, -0.1) is 0 Å². The van der Waals surface area contributed by atoms with Crippen LogP contribution in [0.2, 0.25) is 0 Å². The van der Waals surface area contributed by atoms with Crippen molar-refractivity contribution >= 4 is 32.5 Å². The van der Waals surface area contributed by atoms with E-state index in [0.717, 1.165) is 12.1 Å². The third-order valence-electron chi connectivity index (χ3n) is 3.90. The Balaban J connectivity index is 1.67. The van der Waals surface area contributed by atoms with Gasteiger partial charge in [0, 0.05) is 12.8 Å². The summed E-state index contributed by atoms with van der Waals surface area (Å²) in [5, 5.41) is 1.10. The fraction of sp³-hybridized carbons (Fsp3) is 0.222. The van der Waals surface area contributed by atoms with Crippen LogP contribution in [0.25, 0.3) is 10.9 Å². The zero-order valence-corrected chi connectivity index (χ0v) is 15.7. The SMILES string of the molecule is Cn1c(SCCCS(=O)(=O)c2ccc(F)cc2)nc2ccccc2c1=O. The minimum atomic E-state index is -3.45. The van der Waals surface area contributed by atoms with Gasteiger partial charge in [-0.3, -0.25) is 9.36 Å². The lowest BCUT2D eigenvalue weighted by atomic mass is 10.2. The van der Waals surface area contributed by atoms with Crippen LogP contribution in [0.15, 0.2) is 63.4 Å². The molecule has 1 aromatic heterocycles. The highest BCUT2D eigenvalue weighted by atomic mass is 32.2. The molecule has 0 fully saturated rings. The average molecular weight is 392 g/mol. The summed E-state index contributed by atoms with van der Waals surface area (Å²) in [7, 11) is -1.80. The summed E-state index contributed by atoms with van der Waals surface area (Å²) in [4.78, 5) is 16.9. The number of rotatable bonds is 6. The molecular formula is C18H17FN2O3S2. The van der Waals surface area contributed by atoms with E-state index in [0.29, 0.717) is 28.2 Å². The van der Waals surface area contributed by atoms with Crippen LogP contribution < -0.4 is 5.56 Å². The van der Waals surface area contributed by atoms with Crippen molar-refractivity contribution < 1.29 is 12.8 Å². The van der Waals surface area contributed by atoms with Crippen molar-refractivity contribution in [3.8, 4) is 0 Å². The normalized spacial score (nSPS) is 11.8. The van der Waals surface area contributed by atoms with Crippen LogP contribution in [0.4, 0.5) is 4.39 Å². The first-order valence-corrected chi connectivity index (χ1v) is 10.6. The number of para-hydroxylation sites is 1. The molecule has 0 aliphatic rings. The van der Waals surface area contributed by atoms with Gasteiger partial charge in [0.05, 0.1) is 21.6 Å². The van der Waals surface area contributed by atoms with Gasteiger partial charge in [-0.25, -0.2) is 17.8 Å². The molecule has 0 radical (unpaired) electrons. The van der Waals surface area contributed by atoms with Gasteiger partial charge in [0.25, 0.3) is 5.56 Å². The van der Waals surface area contributed by atoms with Crippen LogP contribution in [0.1, 0.15) is 6.42 Å². The van der Waals surface area contributed by atoms with Crippen LogP contribution in [-0.4, -0.2) is 29.5 Å². The summed E-state index contributed by atoms with van der Waals surface area (Å²) in [5.41, 5.74) is 0.495. The molecule has 0 spiro atoms. The van der Waals surface area contributed by atoms with Crippen molar-refractivity contribution in [3.05, 3.63) is 64.7 Å². The Morgan fingerprint density at radius 2 is 1.81 bits per heavy atom. The van der Waals surface area contributed by atoms with Crippen molar-refractivity contribution in [2.24, 2.45) is 7.05 Å². The minimum Gasteiger partial charge on any atom is -0.290 e. The Morgan fingerprint density at radius 1 is 1.12 bits per heavy atom. The number of hydrogen-bond donors (Lipinski definition) is 0. The number of sulfone groups is 1. The molecule has 2 aromatic carbocycles. The molecule has 0 saturated heterocycles. The molecule has 0 N–H and O–H groups in total. The third kappa shape index (κ3) is 3.96. The van der Waals surface area contributed by atoms with E-state index >= 15 is 0 Å². The van der Waals surface area contributed by atoms with Gasteiger partial charge in [0.2, 0.25) is 0 Å². The van der Waals surface area contributed by atoms with Gasteiger partial charge in [-0.1, -0.05) is 23.9 Å². The zero-order valence-electron chi connectivity index (χ0n) is 14.1. The summed E-state index contributed by atoms with van der Waals surface area (Å²) in [6.45, 7) is 0. The van der Waals surface area contributed by atoms with Crippen LogP contribution in [0.5, 0.6) is 0 Å². The predicted molar refractivity (Wildman–Crippen MR) is 101 cm³/mol. The molecule has 0 bridgehead atoms. The van der Waals surface area contributed by atoms with Crippen LogP contribution in [0.3, 0.4) is 0 Å². The second-order valence-electron chi connectivity index (χ2n) is 5.75. The number of halogens is 1. The maximum absolute atomic E-state index is 12.9. The fourth-order valence-corrected chi connectivity index (χ4v) is 4.90. The summed E-state index contributed by atoms with van der Waals surface area (Å²) in [5.74, 6) is -0.0190. The molecular weight excluding hydrogens is 375 g/mol. The average Bonchev–Trinajstić information content (AvgIpc) is 2.63. The lowest BCUT2D eigenvalue weighted by Crippen LogP contribution is -2.20. The summed E-state index contributed by atoms with van der Waals surface area (Å²) in [6, 6.07) is 11.9. The minimum absolute atomic E-state index is 0.0485. The lowest BCUT2D eigenvalue weighted by molar-refractivity contribution is 0.593. The number of fused-ring (bicyclic) bond motifs is 1. The van der Waals surface area contributed by atoms with Crippen molar-refractivity contribution in [1.29, 1.82) is 0 Å². The summed E-state index contributed by atoms with van der Waals surface area (Å²) < 4.78 is 38.9. The van der Waals surface area contributed by atoms with Gasteiger partial charge in [0.1, 0.15) is 5.82 Å². The van der Waals surface area contributed by atoms with Gasteiger partial charge < -0.3 is 0 Å². The van der Waals surface area contributed by atoms with Crippen LogP contribution >= 0.6 is 11.8 Å². The molecule has 0 amide bonds. The van der Waals surface area contributed by atoms with E-state index in [1.54, 1.807) is 25.2 Å². The highest BCUT2D eigenvalue weighted by molar-refractivity contribution is 7.99. The molecule has 0 aliphatic heterocycles. The molecule has 8 heteroatoms. The molecule has 0 aliphatic carbocycles. The number of thioether (sulfide) groups is 1. The maximum atomic E-state index is 12.9. The van der Waals surface area contributed by atoms with E-state index in [4.69, 9.17) is 0 Å². The molecule has 1 heterocycles. The highest BCUT2D eigenvalue weighted by Crippen LogP contribution is 2.19. The molecule has 0 unspecified atom stereocenters. The van der Waals surface area contributed by atoms with E-state index < -0.39 is 15.7 Å². The van der Waals surface area contributed by atoms with E-state index in [1.807, 2.05) is 6.07 Å². The first-order chi connectivity index (χ1) is 12.4. The monoisotopic (exact) mass is 392 g/mol. The number of nitrogens with zero attached hydrogens (tertiary/aromatic N) is 2. The van der Waals surface area contributed by atoms with Gasteiger partial charge in [-0.2, -0.15) is 0 Å². The smallest absolute Gasteiger partial charge is 0.261 e. The Morgan fingerprint density at radius 3 is 2.54 bits per heavy atom. The maximum Gasteiger partial charge on any atom is 0.261 e. The van der Waals surface area contributed by atoms with Crippen molar-refractivity contribution in [1.82, 2.24) is 9.55 Å². The van der Waals surface area contributed by atoms with Gasteiger partial charge in [0.15, 0.2) is 15.0 Å². The first kappa shape index (κ1) is 18.6. The molecule has 0 atom stereocenters. The standard InChI is InChI=1S/C18H17FN2O3S2/c1-21-17(22)15-5-2-3-6-16(15)20-18(21)25-11-4-12-26(23,24)14-9-7-13(19)8-10-14/h2-3,5-10H,4,11-12H2,1H3. The Bertz CT molecular complexity index is 1090. The Kier molecular flexibility index (Phi) is 5.43. The molecule has 5 nitrogen and oxygen atoms in total. The number of hydrogen-bond acceptors (Lipinski definition) is 5. The Labute approximate surface area is 154 Å². The molecule has 26 heavy (non-hydrogen) atoms. The predicted octanol–water partition coefficient (Wildman–Crippen LogP) is 3.03. The van der Waals surface area contributed by atoms with Gasteiger partial charge in [-0.05, 0) is 42.8 Å². The highest BCUT2D eigenvalue weighted by Gasteiger charge is 2.15. The van der Waals surface area contributed by atoms with Gasteiger partial charge >= 0.3 is 0 Å². The molecule has 136 valence electrons. The summed E-state index contributed by atoms with van der Waals surface area (Å²) in [6.07, 6.45) is 0.396. The van der Waals surface area contributed by atoms with E-state index in [1.165, 1.54) is 28.5 Å². The third-order valence-corrected chi connectivity index (χ3v) is 6.84. The van der Waals surface area contributed by atoms with E-state index in [9.17, 15) is 17.6 Å². The van der Waals surface area contributed by atoms with Crippen molar-refractivity contribution in [2.75, 3.05) is 11.5 Å². The second kappa shape index (κ2) is 7.59. The van der Waals surface area contributed by atoms with E-state index in [-0.39, 0.29) is 16.2 Å². The number of aromatic nitrogens is 2. The fourth-order valence-electron chi connectivity index (χ4n) is 2.50. The largest absolute Gasteiger partial charge is 0.290 e. The quantitative estimate of drug-likeness (QED) is 0.279. The number of benzene rings is 2. The molecule has 3 aromatic rings. The molecule has 0 saturated carbocycles. The lowest BCUT2D eigenvalue weighted by Gasteiger charge is -2.09. The van der Waals surface area contributed by atoms with Crippen molar-refractivity contribution in [3.63, 3.8) is 0 Å². The second-order valence-corrected chi connectivity index (χ2v) is 8.92. The van der Waals surface area contributed by atoms with Crippen molar-refractivity contribution in [2.45, 2.75) is 16.5 Å². The van der Waals surface area contributed by atoms with Crippen LogP contribution in [-0.2, 0) is 16.9 Å². The van der Waals surface area contributed by atoms with Crippen LogP contribution in [0, 0.1) is 5.82 Å². The summed E-state index contributed by atoms with van der Waals surface area (Å²) >= 11 is 1.34. The van der Waals surface area contributed by atoms with E-state index in [2.05, 4.69) is 4.98 Å². The molecule has 3 rings (SSSR count). The Hall–Kier alpha value is -2.19. The topological polar surface area (TPSA) is 69.0 Å². The first-order valence-electron chi connectivity index (χ1n) is 7.95.